The molecule has 0 aromatic heterocycles. The summed E-state index contributed by atoms with van der Waals surface area (Å²) in [5, 5.41) is 0. The summed E-state index contributed by atoms with van der Waals surface area (Å²) in [6.45, 7) is 23.4. The van der Waals surface area contributed by atoms with Crippen molar-refractivity contribution in [2.75, 3.05) is 0 Å². The number of allylic oxidation sites excluding steroid dienone is 1. The van der Waals surface area contributed by atoms with E-state index in [4.69, 9.17) is 0 Å². The van der Waals surface area contributed by atoms with Crippen LogP contribution < -0.4 is 0 Å². The van der Waals surface area contributed by atoms with Gasteiger partial charge in [-0.05, 0) is 0 Å². The molecule has 21 heavy (non-hydrogen) atoms. The van der Waals surface area contributed by atoms with Gasteiger partial charge in [0.1, 0.15) is 0 Å². The van der Waals surface area contributed by atoms with Crippen molar-refractivity contribution in [2.45, 2.75) is 98.0 Å². The van der Waals surface area contributed by atoms with Crippen LogP contribution in [0.3, 0.4) is 0 Å². The van der Waals surface area contributed by atoms with E-state index in [2.05, 4.69) is 76.8 Å². The molecule has 4 heteroatoms. The molecule has 0 nitrogen and oxygen atoms in total. The van der Waals surface area contributed by atoms with Crippen LogP contribution in [-0.4, -0.2) is 31.1 Å². The van der Waals surface area contributed by atoms with Crippen molar-refractivity contribution >= 4 is 31.1 Å². The van der Waals surface area contributed by atoms with Gasteiger partial charge in [-0.3, -0.25) is 0 Å². The second-order valence-corrected chi connectivity index (χ2v) is 75.8. The number of rotatable bonds is 9. The average molecular weight is 403 g/mol. The Morgan fingerprint density at radius 3 is 1.43 bits per heavy atom. The van der Waals surface area contributed by atoms with Crippen molar-refractivity contribution < 1.29 is 0 Å². The van der Waals surface area contributed by atoms with Gasteiger partial charge in [-0.1, -0.05) is 0 Å². The molecule has 0 aliphatic carbocycles. The summed E-state index contributed by atoms with van der Waals surface area (Å²) in [5.74, 6) is 0. The average Bonchev–Trinajstić information content (AvgIpc) is 2.22. The zero-order chi connectivity index (χ0) is 16.9. The molecule has 0 aromatic rings. The van der Waals surface area contributed by atoms with Crippen LogP contribution in [0.2, 0.25) is 58.9 Å². The minimum absolute atomic E-state index is 1.06. The van der Waals surface area contributed by atoms with E-state index in [1.165, 1.54) is 32.1 Å². The first-order valence-electron chi connectivity index (χ1n) is 8.99. The Labute approximate surface area is 139 Å². The first-order valence-corrected chi connectivity index (χ1v) is 30.1. The summed E-state index contributed by atoms with van der Waals surface area (Å²) in [5.41, 5.74) is 0. The molecule has 0 fully saturated rings. The molecule has 0 atom stereocenters. The molecule has 0 spiro atoms. The fourth-order valence-corrected chi connectivity index (χ4v) is 173. The van der Waals surface area contributed by atoms with Crippen LogP contribution in [0.5, 0.6) is 0 Å². The van der Waals surface area contributed by atoms with E-state index >= 15 is 0 Å². The summed E-state index contributed by atoms with van der Waals surface area (Å²) in [6, 6.07) is 0. The Kier molecular flexibility index (Phi) is 8.52. The van der Waals surface area contributed by atoms with Crippen molar-refractivity contribution in [1.82, 2.24) is 0 Å². The summed E-state index contributed by atoms with van der Waals surface area (Å²) < 4.78 is 0. The molecular formula is C17H42GeSi3. The van der Waals surface area contributed by atoms with E-state index < -0.39 is 31.1 Å². The fourth-order valence-electron chi connectivity index (χ4n) is 5.07. The Bertz CT molecular complexity index is 293. The van der Waals surface area contributed by atoms with E-state index in [1.807, 2.05) is 0 Å². The molecule has 0 rings (SSSR count). The van der Waals surface area contributed by atoms with E-state index in [-0.39, 0.29) is 0 Å². The molecule has 0 aromatic carbocycles. The molecule has 126 valence electrons. The zero-order valence-electron chi connectivity index (χ0n) is 16.7. The Morgan fingerprint density at radius 2 is 1.10 bits per heavy atom. The van der Waals surface area contributed by atoms with Crippen molar-refractivity contribution in [2.24, 2.45) is 0 Å². The summed E-state index contributed by atoms with van der Waals surface area (Å²) in [7, 11) is 0. The minimum atomic E-state index is -1.87. The molecule has 0 N–H and O–H groups in total. The van der Waals surface area contributed by atoms with Crippen molar-refractivity contribution in [1.29, 1.82) is 0 Å². The molecule has 0 heterocycles. The van der Waals surface area contributed by atoms with Gasteiger partial charge in [0.2, 0.25) is 0 Å². The second-order valence-electron chi connectivity index (χ2n) is 9.81. The summed E-state index contributed by atoms with van der Waals surface area (Å²) in [4.78, 5) is 2.94. The summed E-state index contributed by atoms with van der Waals surface area (Å²) >= 11 is -1.87. The van der Waals surface area contributed by atoms with Crippen molar-refractivity contribution in [3.63, 3.8) is 0 Å². The van der Waals surface area contributed by atoms with E-state index in [1.54, 1.807) is 0 Å². The molecule has 0 saturated heterocycles. The fraction of sp³-hybridized carbons (Fsp3) is 0.882. The van der Waals surface area contributed by atoms with Gasteiger partial charge in [0.05, 0.1) is 0 Å². The molecule has 0 amide bonds. The first-order chi connectivity index (χ1) is 9.31. The maximum absolute atomic E-state index is 2.94. The number of hydrogen-bond donors (Lipinski definition) is 0. The number of hydrogen-bond acceptors (Lipinski definition) is 0. The van der Waals surface area contributed by atoms with Crippen LogP contribution in [-0.2, 0) is 0 Å². The molecule has 0 aliphatic heterocycles. The molecule has 0 unspecified atom stereocenters. The second kappa shape index (κ2) is 8.16. The van der Waals surface area contributed by atoms with Gasteiger partial charge in [0.15, 0.2) is 0 Å². The molecule has 0 radical (unpaired) electrons. The van der Waals surface area contributed by atoms with E-state index in [0.29, 0.717) is 0 Å². The van der Waals surface area contributed by atoms with Gasteiger partial charge in [0, 0.05) is 0 Å². The third kappa shape index (κ3) is 5.50. The topological polar surface area (TPSA) is 0 Å². The SMILES string of the molecule is CCCCCC/C=[CH]\[Ge]([Si](C)(C)C)([Si](C)(C)C)[Si](C)(C)C. The van der Waals surface area contributed by atoms with Crippen LogP contribution in [0, 0.1) is 0 Å². The van der Waals surface area contributed by atoms with Crippen LogP contribution in [0.25, 0.3) is 0 Å². The van der Waals surface area contributed by atoms with E-state index in [9.17, 15) is 0 Å². The molecule has 0 bridgehead atoms. The quantitative estimate of drug-likeness (QED) is 0.295. The van der Waals surface area contributed by atoms with Crippen LogP contribution in [0.4, 0.5) is 0 Å². The Balaban J connectivity index is 5.38. The third-order valence-electron chi connectivity index (χ3n) is 5.14. The molecule has 0 saturated carbocycles. The maximum atomic E-state index is 2.94. The normalized spacial score (nSPS) is 15.0. The van der Waals surface area contributed by atoms with Gasteiger partial charge in [-0.25, -0.2) is 0 Å². The molecule has 0 aliphatic rings. The van der Waals surface area contributed by atoms with Crippen molar-refractivity contribution in [3.05, 3.63) is 11.0 Å². The van der Waals surface area contributed by atoms with Gasteiger partial charge < -0.3 is 0 Å². The zero-order valence-corrected chi connectivity index (χ0v) is 21.8. The monoisotopic (exact) mass is 404 g/mol. The predicted molar refractivity (Wildman–Crippen MR) is 114 cm³/mol. The van der Waals surface area contributed by atoms with E-state index in [0.717, 1.165) is 0 Å². The van der Waals surface area contributed by atoms with Gasteiger partial charge in [-0.2, -0.15) is 0 Å². The van der Waals surface area contributed by atoms with Crippen molar-refractivity contribution in [3.8, 4) is 0 Å². The van der Waals surface area contributed by atoms with Crippen LogP contribution in [0.1, 0.15) is 39.0 Å². The summed E-state index contributed by atoms with van der Waals surface area (Å²) in [6.07, 6.45) is 9.59. The van der Waals surface area contributed by atoms with Crippen LogP contribution in [0.15, 0.2) is 11.0 Å². The standard InChI is InChI=1S/C17H42GeSi3/c1-11-12-13-14-15-16-17-18(19(2,3)4,20(5,6)7)21(8,9)10/h16-17H,11-15H2,1-10H3/b17-16-. The predicted octanol–water partition coefficient (Wildman–Crippen LogP) is 6.75. The number of unbranched alkanes of at least 4 members (excludes halogenated alkanes) is 4. The van der Waals surface area contributed by atoms with Gasteiger partial charge >= 0.3 is 140 Å². The third-order valence-corrected chi connectivity index (χ3v) is 131. The Morgan fingerprint density at radius 1 is 0.667 bits per heavy atom. The first kappa shape index (κ1) is 21.9. The Hall–Kier alpha value is 0.934. The molecular weight excluding hydrogens is 361 g/mol. The van der Waals surface area contributed by atoms with Gasteiger partial charge in [0.25, 0.3) is 0 Å². The van der Waals surface area contributed by atoms with Crippen LogP contribution >= 0.6 is 0 Å². The van der Waals surface area contributed by atoms with Gasteiger partial charge in [-0.15, -0.1) is 0 Å².